The maximum absolute atomic E-state index is 11.2. The molecule has 1 aliphatic heterocycles. The van der Waals surface area contributed by atoms with Crippen molar-refractivity contribution in [2.24, 2.45) is 5.16 Å². The number of carbonyl (C=O) groups excluding carboxylic acids is 2. The van der Waals surface area contributed by atoms with E-state index in [1.165, 1.54) is 12.0 Å². The van der Waals surface area contributed by atoms with Crippen molar-refractivity contribution in [3.8, 4) is 0 Å². The van der Waals surface area contributed by atoms with Gasteiger partial charge in [-0.3, -0.25) is 14.5 Å². The van der Waals surface area contributed by atoms with Gasteiger partial charge in [0.05, 0.1) is 0 Å². The van der Waals surface area contributed by atoms with Gasteiger partial charge in [0.25, 0.3) is 0 Å². The van der Waals surface area contributed by atoms with Gasteiger partial charge in [-0.25, -0.2) is 0 Å². The second-order valence-electron chi connectivity index (χ2n) is 3.41. The first-order valence-corrected chi connectivity index (χ1v) is 5.14. The topological polar surface area (TPSA) is 59.0 Å². The van der Waals surface area contributed by atoms with Crippen molar-refractivity contribution in [1.82, 2.24) is 4.90 Å². The van der Waals surface area contributed by atoms with Gasteiger partial charge >= 0.3 is 0 Å². The molecule has 0 unspecified atom stereocenters. The Morgan fingerprint density at radius 2 is 2.00 bits per heavy atom. The summed E-state index contributed by atoms with van der Waals surface area (Å²) in [4.78, 5) is 28.3. The summed E-state index contributed by atoms with van der Waals surface area (Å²) in [5, 5.41) is 3.60. The Hall–Kier alpha value is -1.39. The fourth-order valence-corrected chi connectivity index (χ4v) is 1.51. The van der Waals surface area contributed by atoms with E-state index in [4.69, 9.17) is 0 Å². The van der Waals surface area contributed by atoms with Crippen molar-refractivity contribution < 1.29 is 14.4 Å². The maximum Gasteiger partial charge on any atom is 0.229 e. The number of imide groups is 1. The van der Waals surface area contributed by atoms with E-state index in [1.807, 2.05) is 0 Å². The van der Waals surface area contributed by atoms with E-state index in [0.29, 0.717) is 19.4 Å². The zero-order chi connectivity index (χ0) is 11.1. The number of oxime groups is 1. The van der Waals surface area contributed by atoms with E-state index in [2.05, 4.69) is 9.99 Å². The normalized spacial score (nSPS) is 16.7. The van der Waals surface area contributed by atoms with Gasteiger partial charge in [-0.15, -0.1) is 0 Å². The predicted molar refractivity (Wildman–Crippen MR) is 55.3 cm³/mol. The van der Waals surface area contributed by atoms with Crippen LogP contribution in [0.3, 0.4) is 0 Å². The molecule has 0 aliphatic carbocycles. The van der Waals surface area contributed by atoms with E-state index in [0.717, 1.165) is 19.3 Å². The molecule has 0 spiro atoms. The van der Waals surface area contributed by atoms with Crippen LogP contribution in [0.25, 0.3) is 0 Å². The molecule has 0 N–H and O–H groups in total. The second-order valence-corrected chi connectivity index (χ2v) is 3.41. The minimum Gasteiger partial charge on any atom is -0.399 e. The Balaban J connectivity index is 2.12. The van der Waals surface area contributed by atoms with Crippen LogP contribution < -0.4 is 0 Å². The molecule has 0 aromatic rings. The highest BCUT2D eigenvalue weighted by Gasteiger charge is 2.27. The molecule has 1 fully saturated rings. The Kier molecular flexibility index (Phi) is 4.80. The van der Waals surface area contributed by atoms with Crippen LogP contribution in [0.15, 0.2) is 5.16 Å². The van der Waals surface area contributed by atoms with E-state index in [-0.39, 0.29) is 11.8 Å². The summed E-state index contributed by atoms with van der Waals surface area (Å²) >= 11 is 0. The fraction of sp³-hybridized carbons (Fsp3) is 0.700. The molecule has 1 rings (SSSR count). The lowest BCUT2D eigenvalue weighted by atomic mass is 10.2. The van der Waals surface area contributed by atoms with Gasteiger partial charge in [-0.2, -0.15) is 0 Å². The van der Waals surface area contributed by atoms with Crippen LogP contribution in [0.2, 0.25) is 0 Å². The van der Waals surface area contributed by atoms with E-state index in [1.54, 1.807) is 6.21 Å². The Bertz CT molecular complexity index is 247. The van der Waals surface area contributed by atoms with Gasteiger partial charge in [0.2, 0.25) is 11.8 Å². The first-order chi connectivity index (χ1) is 7.25. The van der Waals surface area contributed by atoms with Crippen LogP contribution in [0.5, 0.6) is 0 Å². The molecule has 15 heavy (non-hydrogen) atoms. The van der Waals surface area contributed by atoms with Crippen LogP contribution in [-0.4, -0.2) is 36.6 Å². The molecule has 0 radical (unpaired) electrons. The summed E-state index contributed by atoms with van der Waals surface area (Å²) in [5.41, 5.74) is 0. The van der Waals surface area contributed by atoms with Gasteiger partial charge in [-0.1, -0.05) is 5.16 Å². The first-order valence-electron chi connectivity index (χ1n) is 5.14. The molecule has 84 valence electrons. The van der Waals surface area contributed by atoms with Crippen LogP contribution in [0.1, 0.15) is 32.1 Å². The zero-order valence-electron chi connectivity index (χ0n) is 8.94. The predicted octanol–water partition coefficient (Wildman–Crippen LogP) is 0.938. The van der Waals surface area contributed by atoms with Gasteiger partial charge < -0.3 is 4.84 Å². The molecule has 5 heteroatoms. The lowest BCUT2D eigenvalue weighted by molar-refractivity contribution is -0.138. The van der Waals surface area contributed by atoms with Crippen LogP contribution >= 0.6 is 0 Å². The van der Waals surface area contributed by atoms with Crippen LogP contribution in [-0.2, 0) is 14.4 Å². The van der Waals surface area contributed by atoms with Crippen molar-refractivity contribution >= 4 is 18.0 Å². The molecular weight excluding hydrogens is 196 g/mol. The molecule has 0 aromatic heterocycles. The quantitative estimate of drug-likeness (QED) is 0.285. The van der Waals surface area contributed by atoms with Crippen molar-refractivity contribution in [1.29, 1.82) is 0 Å². The summed E-state index contributed by atoms with van der Waals surface area (Å²) in [6, 6.07) is 0. The Labute approximate surface area is 89.1 Å². The number of hydrogen-bond donors (Lipinski definition) is 0. The van der Waals surface area contributed by atoms with E-state index in [9.17, 15) is 9.59 Å². The Morgan fingerprint density at radius 3 is 2.60 bits per heavy atom. The number of rotatable bonds is 6. The number of unbranched alkanes of at least 4 members (excludes halogenated alkanes) is 2. The highest BCUT2D eigenvalue weighted by Crippen LogP contribution is 2.12. The molecule has 5 nitrogen and oxygen atoms in total. The molecule has 1 aliphatic rings. The van der Waals surface area contributed by atoms with Crippen molar-refractivity contribution in [2.45, 2.75) is 32.1 Å². The van der Waals surface area contributed by atoms with Crippen molar-refractivity contribution in [2.75, 3.05) is 13.7 Å². The lowest BCUT2D eigenvalue weighted by Gasteiger charge is -2.12. The summed E-state index contributed by atoms with van der Waals surface area (Å²) in [5.74, 6) is -0.0730. The third kappa shape index (κ3) is 3.69. The third-order valence-corrected chi connectivity index (χ3v) is 2.30. The smallest absolute Gasteiger partial charge is 0.229 e. The number of carbonyl (C=O) groups is 2. The highest BCUT2D eigenvalue weighted by atomic mass is 16.6. The van der Waals surface area contributed by atoms with E-state index >= 15 is 0 Å². The minimum absolute atomic E-state index is 0.0365. The number of hydrogen-bond acceptors (Lipinski definition) is 4. The Morgan fingerprint density at radius 1 is 1.33 bits per heavy atom. The third-order valence-electron chi connectivity index (χ3n) is 2.30. The average molecular weight is 212 g/mol. The van der Waals surface area contributed by atoms with Crippen molar-refractivity contribution in [3.05, 3.63) is 0 Å². The molecule has 2 amide bonds. The number of likely N-dealkylation sites (tertiary alicyclic amines) is 1. The molecular formula is C10H16N2O3. The molecule has 0 aromatic carbocycles. The standard InChI is InChI=1S/C10H16N2O3/c1-15-11-7-3-2-4-8-12-9(13)5-6-10(12)14/h7H,2-6,8H2,1H3/b11-7+. The first kappa shape index (κ1) is 11.7. The zero-order valence-corrected chi connectivity index (χ0v) is 8.94. The average Bonchev–Trinajstić information content (AvgIpc) is 2.54. The van der Waals surface area contributed by atoms with Crippen LogP contribution in [0, 0.1) is 0 Å². The van der Waals surface area contributed by atoms with Gasteiger partial charge in [0.15, 0.2) is 0 Å². The monoisotopic (exact) mass is 212 g/mol. The molecule has 0 saturated carbocycles. The lowest BCUT2D eigenvalue weighted by Crippen LogP contribution is -2.29. The fourth-order valence-electron chi connectivity index (χ4n) is 1.51. The van der Waals surface area contributed by atoms with Crippen molar-refractivity contribution in [3.63, 3.8) is 0 Å². The summed E-state index contributed by atoms with van der Waals surface area (Å²) in [6.07, 6.45) is 4.99. The SMILES string of the molecule is CO/N=C/CCCCN1C(=O)CCC1=O. The van der Waals surface area contributed by atoms with E-state index < -0.39 is 0 Å². The van der Waals surface area contributed by atoms with Crippen LogP contribution in [0.4, 0.5) is 0 Å². The van der Waals surface area contributed by atoms with Gasteiger partial charge in [0.1, 0.15) is 7.11 Å². The molecule has 1 saturated heterocycles. The summed E-state index contributed by atoms with van der Waals surface area (Å²) in [6.45, 7) is 0.540. The number of amides is 2. The minimum atomic E-state index is -0.0365. The van der Waals surface area contributed by atoms with Gasteiger partial charge in [-0.05, 0) is 19.3 Å². The molecule has 1 heterocycles. The highest BCUT2D eigenvalue weighted by molar-refractivity contribution is 6.01. The maximum atomic E-state index is 11.2. The van der Waals surface area contributed by atoms with Gasteiger partial charge in [0, 0.05) is 25.6 Å². The molecule has 0 atom stereocenters. The molecule has 0 bridgehead atoms. The number of nitrogens with zero attached hydrogens (tertiary/aromatic N) is 2. The largest absolute Gasteiger partial charge is 0.399 e. The summed E-state index contributed by atoms with van der Waals surface area (Å²) < 4.78 is 0. The second kappa shape index (κ2) is 6.16. The summed E-state index contributed by atoms with van der Waals surface area (Å²) in [7, 11) is 1.50.